The van der Waals surface area contributed by atoms with Gasteiger partial charge in [0.2, 0.25) is 11.8 Å². The summed E-state index contributed by atoms with van der Waals surface area (Å²) in [4.78, 5) is 53.4. The maximum Gasteiger partial charge on any atom is 0.340 e. The van der Waals surface area contributed by atoms with Crippen LogP contribution in [0.2, 0.25) is 0 Å². The number of aryl methyl sites for hydroxylation is 1. The summed E-state index contributed by atoms with van der Waals surface area (Å²) in [5.74, 6) is -0.969. The van der Waals surface area contributed by atoms with Crippen molar-refractivity contribution < 1.29 is 23.9 Å². The van der Waals surface area contributed by atoms with Gasteiger partial charge < -0.3 is 4.74 Å². The topological polar surface area (TPSA) is 80.8 Å². The maximum atomic E-state index is 13.4. The molecule has 6 atom stereocenters. The summed E-state index contributed by atoms with van der Waals surface area (Å²) in [7, 11) is 0. The standard InChI is InChI=1S/C27H23NO5/c1-14-6-8-15(9-7-14)22(29)13-33-27(32)18-4-2-3-5-21(18)28-25(30)23-16-10-11-17(20-12-19(16)20)24(23)26(28)31/h2-11,16-17,19-20,23-24H,12-13H2,1H3/t16-,17-,19-,20-,23+,24+/m1/s1. The van der Waals surface area contributed by atoms with Gasteiger partial charge in [-0.2, -0.15) is 0 Å². The van der Waals surface area contributed by atoms with Crippen molar-refractivity contribution in [3.63, 3.8) is 0 Å². The molecule has 0 spiro atoms. The lowest BCUT2D eigenvalue weighted by Gasteiger charge is -2.37. The molecule has 2 aromatic rings. The number of hydrogen-bond acceptors (Lipinski definition) is 5. The second kappa shape index (κ2) is 7.24. The zero-order chi connectivity index (χ0) is 22.9. The highest BCUT2D eigenvalue weighted by Crippen LogP contribution is 2.65. The fourth-order valence-corrected chi connectivity index (χ4v) is 6.07. The Morgan fingerprint density at radius 1 is 0.909 bits per heavy atom. The molecule has 0 N–H and O–H groups in total. The first-order valence-electron chi connectivity index (χ1n) is 11.4. The van der Waals surface area contributed by atoms with Crippen molar-refractivity contribution in [3.8, 4) is 0 Å². The lowest BCUT2D eigenvalue weighted by molar-refractivity contribution is -0.124. The number of benzene rings is 2. The van der Waals surface area contributed by atoms with Gasteiger partial charge in [0.25, 0.3) is 0 Å². The van der Waals surface area contributed by atoms with Crippen LogP contribution in [0.25, 0.3) is 0 Å². The lowest BCUT2D eigenvalue weighted by atomic mass is 9.63. The second-order valence-electron chi connectivity index (χ2n) is 9.55. The number of rotatable bonds is 5. The SMILES string of the molecule is Cc1ccc(C(=O)COC(=O)c2ccccc2N2C(=O)[C@H]3[C@@H]4C=C[C@H]([C@H]5C[C@H]45)[C@@H]3C2=O)cc1. The van der Waals surface area contributed by atoms with Gasteiger partial charge in [0.05, 0.1) is 23.1 Å². The van der Waals surface area contributed by atoms with Crippen LogP contribution in [0.3, 0.4) is 0 Å². The van der Waals surface area contributed by atoms with E-state index in [0.717, 1.165) is 12.0 Å². The molecule has 0 aromatic heterocycles. The number of imide groups is 1. The molecule has 2 saturated carbocycles. The van der Waals surface area contributed by atoms with Crippen molar-refractivity contribution >= 4 is 29.3 Å². The molecular formula is C27H23NO5. The minimum atomic E-state index is -0.731. The van der Waals surface area contributed by atoms with Gasteiger partial charge in [-0.1, -0.05) is 54.1 Å². The highest BCUT2D eigenvalue weighted by Gasteiger charge is 2.67. The smallest absolute Gasteiger partial charge is 0.340 e. The van der Waals surface area contributed by atoms with Crippen LogP contribution in [0.1, 0.15) is 32.7 Å². The number of Topliss-reactive ketones (excluding diaryl/α,β-unsaturated/α-hetero) is 1. The molecular weight excluding hydrogens is 418 g/mol. The van der Waals surface area contributed by atoms with Gasteiger partial charge in [0, 0.05) is 5.56 Å². The average molecular weight is 441 g/mol. The predicted octanol–water partition coefficient (Wildman–Crippen LogP) is 3.59. The second-order valence-corrected chi connectivity index (χ2v) is 9.55. The summed E-state index contributed by atoms with van der Waals surface area (Å²) in [5, 5.41) is 0. The van der Waals surface area contributed by atoms with E-state index in [2.05, 4.69) is 12.2 Å². The Bertz CT molecular complexity index is 1190. The van der Waals surface area contributed by atoms with Gasteiger partial charge in [-0.3, -0.25) is 14.4 Å². The van der Waals surface area contributed by atoms with E-state index in [1.807, 2.05) is 19.1 Å². The van der Waals surface area contributed by atoms with Crippen molar-refractivity contribution in [2.45, 2.75) is 13.3 Å². The molecule has 6 nitrogen and oxygen atoms in total. The lowest BCUT2D eigenvalue weighted by Crippen LogP contribution is -2.40. The summed E-state index contributed by atoms with van der Waals surface area (Å²) in [6.07, 6.45) is 5.32. The Balaban J connectivity index is 1.24. The predicted molar refractivity (Wildman–Crippen MR) is 119 cm³/mol. The number of esters is 1. The molecule has 6 heteroatoms. The molecule has 5 aliphatic rings. The molecule has 33 heavy (non-hydrogen) atoms. The molecule has 2 bridgehead atoms. The molecule has 4 aliphatic carbocycles. The highest BCUT2D eigenvalue weighted by atomic mass is 16.5. The number of nitrogens with zero attached hydrogens (tertiary/aromatic N) is 1. The van der Waals surface area contributed by atoms with Gasteiger partial charge in [-0.15, -0.1) is 0 Å². The number of hydrogen-bond donors (Lipinski definition) is 0. The van der Waals surface area contributed by atoms with E-state index in [9.17, 15) is 19.2 Å². The third kappa shape index (κ3) is 3.00. The summed E-state index contributed by atoms with van der Waals surface area (Å²) in [5.41, 5.74) is 1.83. The van der Waals surface area contributed by atoms with Gasteiger partial charge in [-0.25, -0.2) is 9.69 Å². The molecule has 2 aromatic carbocycles. The van der Waals surface area contributed by atoms with E-state index in [1.165, 1.54) is 11.0 Å². The molecule has 3 fully saturated rings. The zero-order valence-electron chi connectivity index (χ0n) is 18.1. The summed E-state index contributed by atoms with van der Waals surface area (Å²) < 4.78 is 5.29. The van der Waals surface area contributed by atoms with Crippen LogP contribution in [0.15, 0.2) is 60.7 Å². The van der Waals surface area contributed by atoms with Crippen molar-refractivity contribution in [2.75, 3.05) is 11.5 Å². The number of ketones is 1. The Morgan fingerprint density at radius 2 is 1.52 bits per heavy atom. The molecule has 0 radical (unpaired) electrons. The van der Waals surface area contributed by atoms with Crippen LogP contribution in [-0.4, -0.2) is 30.2 Å². The van der Waals surface area contributed by atoms with E-state index in [-0.39, 0.29) is 52.5 Å². The molecule has 166 valence electrons. The van der Waals surface area contributed by atoms with Crippen LogP contribution in [0.5, 0.6) is 0 Å². The number of carbonyl (C=O) groups is 4. The molecule has 1 aliphatic heterocycles. The highest BCUT2D eigenvalue weighted by molar-refractivity contribution is 6.24. The Labute approximate surface area is 191 Å². The van der Waals surface area contributed by atoms with Crippen molar-refractivity contribution in [1.29, 1.82) is 0 Å². The van der Waals surface area contributed by atoms with Crippen LogP contribution >= 0.6 is 0 Å². The van der Waals surface area contributed by atoms with Crippen LogP contribution in [0, 0.1) is 42.4 Å². The minimum Gasteiger partial charge on any atom is -0.454 e. The van der Waals surface area contributed by atoms with E-state index in [1.54, 1.807) is 30.3 Å². The van der Waals surface area contributed by atoms with Gasteiger partial charge in [0.15, 0.2) is 12.4 Å². The van der Waals surface area contributed by atoms with E-state index in [0.29, 0.717) is 17.4 Å². The molecule has 7 rings (SSSR count). The van der Waals surface area contributed by atoms with Crippen LogP contribution in [0.4, 0.5) is 5.69 Å². The van der Waals surface area contributed by atoms with E-state index in [4.69, 9.17) is 4.74 Å². The molecule has 2 amide bonds. The number of anilines is 1. The number of allylic oxidation sites excluding steroid dienone is 2. The van der Waals surface area contributed by atoms with Crippen LogP contribution in [-0.2, 0) is 14.3 Å². The maximum absolute atomic E-state index is 13.4. The minimum absolute atomic E-state index is 0.109. The Hall–Kier alpha value is -3.54. The first-order chi connectivity index (χ1) is 16.0. The first-order valence-corrected chi connectivity index (χ1v) is 11.4. The summed E-state index contributed by atoms with van der Waals surface area (Å²) >= 11 is 0. The summed E-state index contributed by atoms with van der Waals surface area (Å²) in [6.45, 7) is 1.51. The first kappa shape index (κ1) is 20.1. The number of amides is 2. The largest absolute Gasteiger partial charge is 0.454 e. The van der Waals surface area contributed by atoms with Crippen molar-refractivity contribution in [1.82, 2.24) is 0 Å². The van der Waals surface area contributed by atoms with Crippen LogP contribution < -0.4 is 4.90 Å². The van der Waals surface area contributed by atoms with E-state index < -0.39 is 12.6 Å². The molecule has 1 saturated heterocycles. The van der Waals surface area contributed by atoms with Gasteiger partial charge >= 0.3 is 5.97 Å². The quantitative estimate of drug-likeness (QED) is 0.307. The average Bonchev–Trinajstić information content (AvgIpc) is 3.61. The number of para-hydroxylation sites is 1. The molecule has 1 heterocycles. The molecule has 0 unspecified atom stereocenters. The number of ether oxygens (including phenoxy) is 1. The van der Waals surface area contributed by atoms with E-state index >= 15 is 0 Å². The fraction of sp³-hybridized carbons (Fsp3) is 0.333. The van der Waals surface area contributed by atoms with Crippen molar-refractivity contribution in [3.05, 3.63) is 77.4 Å². The number of carbonyl (C=O) groups excluding carboxylic acids is 4. The summed E-state index contributed by atoms with van der Waals surface area (Å²) in [6, 6.07) is 13.5. The third-order valence-corrected chi connectivity index (χ3v) is 7.74. The Morgan fingerprint density at radius 3 is 2.15 bits per heavy atom. The monoisotopic (exact) mass is 441 g/mol. The van der Waals surface area contributed by atoms with Crippen molar-refractivity contribution in [2.24, 2.45) is 35.5 Å². The third-order valence-electron chi connectivity index (χ3n) is 7.74. The Kier molecular flexibility index (Phi) is 4.41. The zero-order valence-corrected chi connectivity index (χ0v) is 18.1. The fourth-order valence-electron chi connectivity index (χ4n) is 6.07. The van der Waals surface area contributed by atoms with Gasteiger partial charge in [0.1, 0.15) is 0 Å². The van der Waals surface area contributed by atoms with Gasteiger partial charge in [-0.05, 0) is 49.1 Å². The normalized spacial score (nSPS) is 30.8.